The minimum absolute atomic E-state index is 0.478. The Morgan fingerprint density at radius 2 is 2.14 bits per heavy atom. The summed E-state index contributed by atoms with van der Waals surface area (Å²) in [4.78, 5) is 2.28. The van der Waals surface area contributed by atoms with E-state index in [0.717, 1.165) is 10.6 Å². The first kappa shape index (κ1) is 10.1. The Labute approximate surface area is 94.6 Å². The van der Waals surface area contributed by atoms with Crippen molar-refractivity contribution in [1.29, 1.82) is 0 Å². The molecule has 2 rings (SSSR count). The average molecular weight is 230 g/mol. The van der Waals surface area contributed by atoms with Gasteiger partial charge in [-0.3, -0.25) is 0 Å². The van der Waals surface area contributed by atoms with Crippen molar-refractivity contribution < 1.29 is 0 Å². The van der Waals surface area contributed by atoms with E-state index in [0.29, 0.717) is 11.9 Å². The summed E-state index contributed by atoms with van der Waals surface area (Å²) >= 11 is 12.0. The summed E-state index contributed by atoms with van der Waals surface area (Å²) in [6, 6.07) is 6.65. The van der Waals surface area contributed by atoms with Gasteiger partial charge in [0, 0.05) is 29.4 Å². The monoisotopic (exact) mass is 229 g/mol. The first-order valence-electron chi connectivity index (χ1n) is 4.80. The zero-order valence-corrected chi connectivity index (χ0v) is 9.65. The molecule has 0 radical (unpaired) electrons. The van der Waals surface area contributed by atoms with E-state index >= 15 is 0 Å². The number of alkyl halides is 1. The molecule has 0 unspecified atom stereocenters. The third kappa shape index (κ3) is 1.84. The molecule has 3 heteroatoms. The Balaban J connectivity index is 2.35. The van der Waals surface area contributed by atoms with Crippen molar-refractivity contribution >= 4 is 28.9 Å². The molecule has 0 aliphatic heterocycles. The third-order valence-electron chi connectivity index (χ3n) is 2.70. The first-order valence-corrected chi connectivity index (χ1v) is 5.71. The maximum Gasteiger partial charge on any atom is 0.0509 e. The van der Waals surface area contributed by atoms with E-state index in [4.69, 9.17) is 23.2 Å². The van der Waals surface area contributed by atoms with Gasteiger partial charge < -0.3 is 4.90 Å². The Morgan fingerprint density at radius 3 is 2.71 bits per heavy atom. The molecule has 0 atom stereocenters. The van der Waals surface area contributed by atoms with E-state index in [2.05, 4.69) is 18.0 Å². The van der Waals surface area contributed by atoms with E-state index in [1.807, 2.05) is 12.1 Å². The number of hydrogen-bond donors (Lipinski definition) is 0. The quantitative estimate of drug-likeness (QED) is 0.716. The lowest BCUT2D eigenvalue weighted by molar-refractivity contribution is 0.910. The van der Waals surface area contributed by atoms with Gasteiger partial charge in [0.25, 0.3) is 0 Å². The highest BCUT2D eigenvalue weighted by Crippen LogP contribution is 2.35. The van der Waals surface area contributed by atoms with Crippen LogP contribution in [0.5, 0.6) is 0 Å². The van der Waals surface area contributed by atoms with Crippen LogP contribution in [0, 0.1) is 0 Å². The van der Waals surface area contributed by atoms with Gasteiger partial charge in [0.05, 0.1) is 5.88 Å². The molecule has 1 nitrogen and oxygen atoms in total. The van der Waals surface area contributed by atoms with Gasteiger partial charge in [0.1, 0.15) is 0 Å². The Morgan fingerprint density at radius 1 is 1.43 bits per heavy atom. The second-order valence-corrected chi connectivity index (χ2v) is 4.39. The highest BCUT2D eigenvalue weighted by Gasteiger charge is 2.27. The zero-order chi connectivity index (χ0) is 10.1. The zero-order valence-electron chi connectivity index (χ0n) is 8.13. The molecule has 1 aliphatic rings. The highest BCUT2D eigenvalue weighted by atomic mass is 35.5. The molecule has 0 spiro atoms. The summed E-state index contributed by atoms with van der Waals surface area (Å²) in [6.45, 7) is 0. The normalized spacial score (nSPS) is 15.6. The molecule has 76 valence electrons. The van der Waals surface area contributed by atoms with Gasteiger partial charge in [-0.1, -0.05) is 17.7 Å². The second kappa shape index (κ2) is 4.00. The fraction of sp³-hybridized carbons (Fsp3) is 0.455. The predicted octanol–water partition coefficient (Wildman–Crippen LogP) is 3.68. The van der Waals surface area contributed by atoms with Crippen LogP contribution in [0.1, 0.15) is 18.4 Å². The van der Waals surface area contributed by atoms with E-state index < -0.39 is 0 Å². The molecule has 0 amide bonds. The molecule has 0 N–H and O–H groups in total. The smallest absolute Gasteiger partial charge is 0.0509 e. The fourth-order valence-corrected chi connectivity index (χ4v) is 2.25. The number of hydrogen-bond acceptors (Lipinski definition) is 1. The van der Waals surface area contributed by atoms with Gasteiger partial charge in [-0.2, -0.15) is 0 Å². The van der Waals surface area contributed by atoms with Gasteiger partial charge in [-0.05, 0) is 25.0 Å². The lowest BCUT2D eigenvalue weighted by atomic mass is 10.2. The molecule has 14 heavy (non-hydrogen) atoms. The summed E-state index contributed by atoms with van der Waals surface area (Å²) in [5, 5.41) is 0.769. The average Bonchev–Trinajstić information content (AvgIpc) is 2.99. The summed E-state index contributed by atoms with van der Waals surface area (Å²) in [5.41, 5.74) is 2.22. The Bertz CT molecular complexity index is 334. The van der Waals surface area contributed by atoms with Gasteiger partial charge in [-0.15, -0.1) is 11.6 Å². The predicted molar refractivity (Wildman–Crippen MR) is 62.4 cm³/mol. The van der Waals surface area contributed by atoms with Crippen molar-refractivity contribution in [2.45, 2.75) is 24.8 Å². The van der Waals surface area contributed by atoms with Crippen LogP contribution >= 0.6 is 23.2 Å². The largest absolute Gasteiger partial charge is 0.371 e. The molecular weight excluding hydrogens is 217 g/mol. The van der Waals surface area contributed by atoms with Crippen molar-refractivity contribution in [3.63, 3.8) is 0 Å². The van der Waals surface area contributed by atoms with Gasteiger partial charge in [0.15, 0.2) is 0 Å². The van der Waals surface area contributed by atoms with Crippen molar-refractivity contribution in [2.75, 3.05) is 11.9 Å². The van der Waals surface area contributed by atoms with E-state index in [1.165, 1.54) is 18.5 Å². The van der Waals surface area contributed by atoms with Crippen molar-refractivity contribution in [3.8, 4) is 0 Å². The summed E-state index contributed by atoms with van der Waals surface area (Å²) in [5.74, 6) is 0.478. The number of benzene rings is 1. The van der Waals surface area contributed by atoms with E-state index in [1.54, 1.807) is 0 Å². The lowest BCUT2D eigenvalue weighted by Gasteiger charge is -2.22. The number of rotatable bonds is 3. The molecule has 0 bridgehead atoms. The van der Waals surface area contributed by atoms with Gasteiger partial charge >= 0.3 is 0 Å². The highest BCUT2D eigenvalue weighted by molar-refractivity contribution is 6.32. The minimum atomic E-state index is 0.478. The van der Waals surface area contributed by atoms with Crippen LogP contribution in [0.4, 0.5) is 5.69 Å². The maximum atomic E-state index is 6.09. The van der Waals surface area contributed by atoms with Crippen LogP contribution in [0.2, 0.25) is 5.02 Å². The topological polar surface area (TPSA) is 3.24 Å². The molecular formula is C11H13Cl2N. The van der Waals surface area contributed by atoms with E-state index in [-0.39, 0.29) is 0 Å². The molecule has 1 aliphatic carbocycles. The fourth-order valence-electron chi connectivity index (χ4n) is 1.67. The Hall–Kier alpha value is -0.400. The van der Waals surface area contributed by atoms with Crippen LogP contribution in [-0.2, 0) is 5.88 Å². The summed E-state index contributed by atoms with van der Waals surface area (Å²) in [6.07, 6.45) is 2.56. The van der Waals surface area contributed by atoms with Crippen LogP contribution in [0.15, 0.2) is 18.2 Å². The summed E-state index contributed by atoms with van der Waals surface area (Å²) < 4.78 is 0. The molecule has 1 saturated carbocycles. The molecule has 0 aromatic heterocycles. The Kier molecular flexibility index (Phi) is 2.89. The van der Waals surface area contributed by atoms with E-state index in [9.17, 15) is 0 Å². The number of anilines is 1. The third-order valence-corrected chi connectivity index (χ3v) is 3.32. The molecule has 1 aromatic carbocycles. The molecule has 1 fully saturated rings. The minimum Gasteiger partial charge on any atom is -0.371 e. The molecule has 0 heterocycles. The lowest BCUT2D eigenvalue weighted by Crippen LogP contribution is -2.20. The maximum absolute atomic E-state index is 6.09. The molecule has 0 saturated heterocycles. The van der Waals surface area contributed by atoms with Gasteiger partial charge in [0.2, 0.25) is 0 Å². The van der Waals surface area contributed by atoms with Crippen molar-refractivity contribution in [1.82, 2.24) is 0 Å². The standard InChI is InChI=1S/C11H13Cl2N/c1-14(8-5-6-8)11-4-2-3-10(13)9(11)7-12/h2-4,8H,5-7H2,1H3. The van der Waals surface area contributed by atoms with Crippen LogP contribution in [0.3, 0.4) is 0 Å². The van der Waals surface area contributed by atoms with Gasteiger partial charge in [-0.25, -0.2) is 0 Å². The van der Waals surface area contributed by atoms with Crippen LogP contribution < -0.4 is 4.90 Å². The number of halogens is 2. The van der Waals surface area contributed by atoms with Crippen LogP contribution in [-0.4, -0.2) is 13.1 Å². The second-order valence-electron chi connectivity index (χ2n) is 3.71. The van der Waals surface area contributed by atoms with Crippen molar-refractivity contribution in [3.05, 3.63) is 28.8 Å². The first-order chi connectivity index (χ1) is 6.74. The van der Waals surface area contributed by atoms with Crippen molar-refractivity contribution in [2.24, 2.45) is 0 Å². The number of nitrogens with zero attached hydrogens (tertiary/aromatic N) is 1. The molecule has 1 aromatic rings. The summed E-state index contributed by atoms with van der Waals surface area (Å²) in [7, 11) is 2.11. The van der Waals surface area contributed by atoms with Crippen LogP contribution in [0.25, 0.3) is 0 Å². The SMILES string of the molecule is CN(c1cccc(Cl)c1CCl)C1CC1.